The van der Waals surface area contributed by atoms with Crippen molar-refractivity contribution in [3.05, 3.63) is 0 Å². The second-order valence-corrected chi connectivity index (χ2v) is 4.59. The number of hydrogen-bond donors (Lipinski definition) is 1. The van der Waals surface area contributed by atoms with Crippen LogP contribution in [0.4, 0.5) is 26.3 Å². The minimum absolute atomic E-state index is 0.145. The molecule has 1 N–H and O–H groups in total. The summed E-state index contributed by atoms with van der Waals surface area (Å²) >= 11 is 0. The van der Waals surface area contributed by atoms with E-state index in [1.54, 1.807) is 6.92 Å². The van der Waals surface area contributed by atoms with Crippen LogP contribution in [0, 0.1) is 11.8 Å². The molecular weight excluding hydrogens is 260 g/mol. The van der Waals surface area contributed by atoms with Crippen molar-refractivity contribution >= 4 is 0 Å². The minimum atomic E-state index is -5.28. The molecule has 18 heavy (non-hydrogen) atoms. The lowest BCUT2D eigenvalue weighted by atomic mass is 9.88. The third-order valence-electron chi connectivity index (χ3n) is 2.92. The highest BCUT2D eigenvalue weighted by Gasteiger charge is 2.59. The zero-order chi connectivity index (χ0) is 14.6. The van der Waals surface area contributed by atoms with E-state index >= 15 is 0 Å². The highest BCUT2D eigenvalue weighted by Crippen LogP contribution is 2.42. The van der Waals surface area contributed by atoms with Crippen molar-refractivity contribution in [2.45, 2.75) is 51.5 Å². The fraction of sp³-hybridized carbons (Fsp3) is 1.00. The first-order valence-electron chi connectivity index (χ1n) is 5.84. The highest BCUT2D eigenvalue weighted by molar-refractivity contribution is 4.87. The van der Waals surface area contributed by atoms with Crippen LogP contribution in [0.1, 0.15) is 33.1 Å². The molecule has 0 bridgehead atoms. The van der Waals surface area contributed by atoms with Crippen molar-refractivity contribution in [1.82, 2.24) is 5.32 Å². The Balaban J connectivity index is 4.95. The molecule has 0 heterocycles. The van der Waals surface area contributed by atoms with Gasteiger partial charge in [0.1, 0.15) is 0 Å². The van der Waals surface area contributed by atoms with E-state index in [4.69, 9.17) is 0 Å². The quantitative estimate of drug-likeness (QED) is 0.720. The molecule has 0 aromatic heterocycles. The normalized spacial score (nSPS) is 17.0. The van der Waals surface area contributed by atoms with Crippen molar-refractivity contribution in [2.75, 3.05) is 7.05 Å². The van der Waals surface area contributed by atoms with Gasteiger partial charge in [-0.05, 0) is 19.4 Å². The number of alkyl halides is 6. The summed E-state index contributed by atoms with van der Waals surface area (Å²) in [5.74, 6) is -3.49. The van der Waals surface area contributed by atoms with Crippen molar-refractivity contribution in [3.63, 3.8) is 0 Å². The van der Waals surface area contributed by atoms with Gasteiger partial charge >= 0.3 is 12.4 Å². The number of nitrogens with one attached hydrogen (secondary N) is 1. The molecule has 0 spiro atoms. The molecule has 0 aliphatic carbocycles. The molecule has 0 aromatic rings. The molecule has 2 unspecified atom stereocenters. The largest absolute Gasteiger partial charge is 0.401 e. The third-order valence-corrected chi connectivity index (χ3v) is 2.92. The van der Waals surface area contributed by atoms with Crippen LogP contribution in [0.2, 0.25) is 0 Å². The summed E-state index contributed by atoms with van der Waals surface area (Å²) in [4.78, 5) is 0. The van der Waals surface area contributed by atoms with Gasteiger partial charge in [0.15, 0.2) is 5.92 Å². The van der Waals surface area contributed by atoms with Crippen molar-refractivity contribution in [3.8, 4) is 0 Å². The summed E-state index contributed by atoms with van der Waals surface area (Å²) in [6.45, 7) is 3.51. The van der Waals surface area contributed by atoms with Gasteiger partial charge in [-0.15, -0.1) is 0 Å². The fourth-order valence-electron chi connectivity index (χ4n) is 2.11. The number of halogens is 6. The van der Waals surface area contributed by atoms with Crippen LogP contribution in [0.15, 0.2) is 0 Å². The van der Waals surface area contributed by atoms with Gasteiger partial charge in [0.2, 0.25) is 0 Å². The first kappa shape index (κ1) is 17.5. The van der Waals surface area contributed by atoms with E-state index in [1.807, 2.05) is 6.92 Å². The van der Waals surface area contributed by atoms with Crippen LogP contribution in [-0.2, 0) is 0 Å². The zero-order valence-electron chi connectivity index (χ0n) is 10.6. The van der Waals surface area contributed by atoms with Gasteiger partial charge in [-0.1, -0.05) is 26.7 Å². The maximum Gasteiger partial charge on any atom is 0.401 e. The van der Waals surface area contributed by atoms with Crippen LogP contribution >= 0.6 is 0 Å². The molecule has 0 fully saturated rings. The highest BCUT2D eigenvalue weighted by atomic mass is 19.4. The van der Waals surface area contributed by atoms with Crippen molar-refractivity contribution < 1.29 is 26.3 Å². The summed E-state index contributed by atoms with van der Waals surface area (Å²) in [5.41, 5.74) is 0. The Morgan fingerprint density at radius 1 is 1.00 bits per heavy atom. The molecule has 2 atom stereocenters. The summed E-state index contributed by atoms with van der Waals surface area (Å²) in [5, 5.41) is 2.16. The average molecular weight is 279 g/mol. The smallest absolute Gasteiger partial charge is 0.316 e. The van der Waals surface area contributed by atoms with E-state index in [0.717, 1.165) is 13.5 Å². The Morgan fingerprint density at radius 2 is 1.44 bits per heavy atom. The molecular formula is C11H19F6N. The molecule has 110 valence electrons. The maximum atomic E-state index is 12.5. The third kappa shape index (κ3) is 5.46. The van der Waals surface area contributed by atoms with Crippen molar-refractivity contribution in [1.29, 1.82) is 0 Å². The van der Waals surface area contributed by atoms with E-state index in [1.165, 1.54) is 0 Å². The molecule has 0 aliphatic rings. The minimum Gasteiger partial charge on any atom is -0.316 e. The van der Waals surface area contributed by atoms with Crippen LogP contribution in [0.5, 0.6) is 0 Å². The van der Waals surface area contributed by atoms with Crippen LogP contribution in [0.25, 0.3) is 0 Å². The molecule has 0 aliphatic heterocycles. The Morgan fingerprint density at radius 3 is 1.72 bits per heavy atom. The van der Waals surface area contributed by atoms with E-state index in [9.17, 15) is 26.3 Å². The van der Waals surface area contributed by atoms with Crippen LogP contribution in [0.3, 0.4) is 0 Å². The molecule has 0 radical (unpaired) electrons. The predicted octanol–water partition coefficient (Wildman–Crippen LogP) is 4.14. The van der Waals surface area contributed by atoms with E-state index in [0.29, 0.717) is 6.42 Å². The topological polar surface area (TPSA) is 12.0 Å². The lowest BCUT2D eigenvalue weighted by molar-refractivity contribution is -0.292. The first-order valence-corrected chi connectivity index (χ1v) is 5.84. The maximum absolute atomic E-state index is 12.5. The van der Waals surface area contributed by atoms with Gasteiger partial charge in [0, 0.05) is 6.04 Å². The SMILES string of the molecule is CCCC(C)CC(NC)C(C(F)(F)F)C(F)(F)F. The monoisotopic (exact) mass is 279 g/mol. The molecule has 7 heteroatoms. The Bertz CT molecular complexity index is 221. The predicted molar refractivity (Wildman–Crippen MR) is 57.1 cm³/mol. The number of rotatable bonds is 6. The van der Waals surface area contributed by atoms with Gasteiger partial charge in [-0.3, -0.25) is 0 Å². The second kappa shape index (κ2) is 6.63. The average Bonchev–Trinajstić information content (AvgIpc) is 2.12. The van der Waals surface area contributed by atoms with E-state index in [2.05, 4.69) is 5.32 Å². The summed E-state index contributed by atoms with van der Waals surface area (Å²) in [6.07, 6.45) is -9.36. The first-order chi connectivity index (χ1) is 8.04. The molecule has 0 saturated heterocycles. The fourth-order valence-corrected chi connectivity index (χ4v) is 2.11. The zero-order valence-corrected chi connectivity index (χ0v) is 10.6. The summed E-state index contributed by atoms with van der Waals surface area (Å²) < 4.78 is 75.2. The van der Waals surface area contributed by atoms with Gasteiger partial charge < -0.3 is 5.32 Å². The molecule has 0 amide bonds. The molecule has 0 saturated carbocycles. The summed E-state index contributed by atoms with van der Waals surface area (Å²) in [6, 6.07) is -1.63. The van der Waals surface area contributed by atoms with Crippen molar-refractivity contribution in [2.24, 2.45) is 11.8 Å². The Hall–Kier alpha value is -0.460. The summed E-state index contributed by atoms with van der Waals surface area (Å²) in [7, 11) is 1.13. The lowest BCUT2D eigenvalue weighted by Crippen LogP contribution is -2.50. The second-order valence-electron chi connectivity index (χ2n) is 4.59. The van der Waals surface area contributed by atoms with Gasteiger partial charge in [0.05, 0.1) is 0 Å². The molecule has 0 aromatic carbocycles. The standard InChI is InChI=1S/C11H19F6N/c1-4-5-7(2)6-8(18-3)9(10(12,13)14)11(15,16)17/h7-9,18H,4-6H2,1-3H3. The van der Waals surface area contributed by atoms with Gasteiger partial charge in [-0.25, -0.2) is 0 Å². The Kier molecular flexibility index (Phi) is 6.46. The van der Waals surface area contributed by atoms with Crippen LogP contribution in [-0.4, -0.2) is 25.4 Å². The molecule has 1 nitrogen and oxygen atoms in total. The number of hydrogen-bond acceptors (Lipinski definition) is 1. The Labute approximate surface area is 103 Å². The van der Waals surface area contributed by atoms with E-state index < -0.39 is 24.3 Å². The van der Waals surface area contributed by atoms with E-state index in [-0.39, 0.29) is 12.3 Å². The van der Waals surface area contributed by atoms with Gasteiger partial charge in [0.25, 0.3) is 0 Å². The molecule has 0 rings (SSSR count). The lowest BCUT2D eigenvalue weighted by Gasteiger charge is -2.32. The van der Waals surface area contributed by atoms with Crippen LogP contribution < -0.4 is 5.32 Å². The van der Waals surface area contributed by atoms with Gasteiger partial charge in [-0.2, -0.15) is 26.3 Å².